The molecule has 1 aromatic carbocycles. The predicted molar refractivity (Wildman–Crippen MR) is 95.0 cm³/mol. The molecule has 6 nitrogen and oxygen atoms in total. The van der Waals surface area contributed by atoms with Gasteiger partial charge in [0.1, 0.15) is 5.75 Å². The average Bonchev–Trinajstić information content (AvgIpc) is 3.23. The largest absolute Gasteiger partial charge is 0.439 e. The zero-order valence-electron chi connectivity index (χ0n) is 13.1. The van der Waals surface area contributed by atoms with Crippen LogP contribution < -0.4 is 10.1 Å². The number of imidazole rings is 1. The Hall–Kier alpha value is -3.19. The van der Waals surface area contributed by atoms with Gasteiger partial charge in [0.25, 0.3) is 5.91 Å². The van der Waals surface area contributed by atoms with Gasteiger partial charge in [-0.2, -0.15) is 0 Å². The first-order valence-corrected chi connectivity index (χ1v) is 8.54. The second-order valence-electron chi connectivity index (χ2n) is 5.31. The van der Waals surface area contributed by atoms with Crippen LogP contribution in [0.2, 0.25) is 0 Å². The van der Waals surface area contributed by atoms with Crippen LogP contribution in [0.3, 0.4) is 0 Å². The molecule has 0 aliphatic heterocycles. The van der Waals surface area contributed by atoms with Crippen molar-refractivity contribution >= 4 is 22.2 Å². The Morgan fingerprint density at radius 1 is 1.20 bits per heavy atom. The summed E-state index contributed by atoms with van der Waals surface area (Å²) < 4.78 is 7.55. The predicted octanol–water partition coefficient (Wildman–Crippen LogP) is 3.51. The molecule has 0 saturated carbocycles. The number of para-hydroxylation sites is 1. The molecule has 0 saturated heterocycles. The maximum absolute atomic E-state index is 12.2. The molecule has 0 aliphatic carbocycles. The Morgan fingerprint density at radius 3 is 2.84 bits per heavy atom. The van der Waals surface area contributed by atoms with Gasteiger partial charge in [-0.1, -0.05) is 18.2 Å². The number of rotatable bonds is 5. The number of fused-ring (bicyclic) bond motifs is 1. The van der Waals surface area contributed by atoms with Crippen molar-refractivity contribution in [1.82, 2.24) is 19.7 Å². The van der Waals surface area contributed by atoms with Crippen LogP contribution in [0.1, 0.15) is 16.1 Å². The van der Waals surface area contributed by atoms with E-state index in [0.717, 1.165) is 10.7 Å². The van der Waals surface area contributed by atoms with Crippen LogP contribution in [-0.2, 0) is 6.54 Å². The normalized spacial score (nSPS) is 10.7. The molecule has 0 bridgehead atoms. The number of carbonyl (C=O) groups excluding carboxylic acids is 1. The van der Waals surface area contributed by atoms with Gasteiger partial charge >= 0.3 is 0 Å². The number of pyridine rings is 1. The van der Waals surface area contributed by atoms with E-state index in [1.165, 1.54) is 6.20 Å². The Labute approximate surface area is 147 Å². The Kier molecular flexibility index (Phi) is 4.14. The molecular weight excluding hydrogens is 336 g/mol. The Morgan fingerprint density at radius 2 is 2.08 bits per heavy atom. The third-order valence-corrected chi connectivity index (χ3v) is 4.31. The van der Waals surface area contributed by atoms with Gasteiger partial charge in [-0.15, -0.1) is 11.3 Å². The summed E-state index contributed by atoms with van der Waals surface area (Å²) in [6.45, 7) is 0.371. The van der Waals surface area contributed by atoms with E-state index in [1.54, 1.807) is 23.5 Å². The van der Waals surface area contributed by atoms with Crippen molar-refractivity contribution in [3.05, 3.63) is 77.7 Å². The summed E-state index contributed by atoms with van der Waals surface area (Å²) in [5.74, 6) is 0.944. The molecule has 1 N–H and O–H groups in total. The summed E-state index contributed by atoms with van der Waals surface area (Å²) in [6, 6.07) is 12.7. The fourth-order valence-corrected chi connectivity index (χ4v) is 3.04. The van der Waals surface area contributed by atoms with E-state index >= 15 is 0 Å². The van der Waals surface area contributed by atoms with E-state index in [4.69, 9.17) is 4.74 Å². The van der Waals surface area contributed by atoms with E-state index in [1.807, 2.05) is 52.5 Å². The third kappa shape index (κ3) is 3.51. The van der Waals surface area contributed by atoms with Crippen molar-refractivity contribution < 1.29 is 9.53 Å². The molecule has 1 amide bonds. The number of ether oxygens (including phenoxy) is 1. The summed E-state index contributed by atoms with van der Waals surface area (Å²) in [5.41, 5.74) is 1.29. The molecule has 124 valence electrons. The molecule has 4 rings (SSSR count). The highest BCUT2D eigenvalue weighted by Gasteiger charge is 2.09. The van der Waals surface area contributed by atoms with E-state index < -0.39 is 0 Å². The lowest BCUT2D eigenvalue weighted by molar-refractivity contribution is 0.0950. The van der Waals surface area contributed by atoms with Crippen molar-refractivity contribution in [3.8, 4) is 11.6 Å². The summed E-state index contributed by atoms with van der Waals surface area (Å²) in [6.07, 6.45) is 5.34. The van der Waals surface area contributed by atoms with Gasteiger partial charge in [0.15, 0.2) is 4.96 Å². The van der Waals surface area contributed by atoms with E-state index in [0.29, 0.717) is 23.7 Å². The van der Waals surface area contributed by atoms with E-state index in [9.17, 15) is 4.79 Å². The highest BCUT2D eigenvalue weighted by atomic mass is 32.1. The summed E-state index contributed by atoms with van der Waals surface area (Å²) >= 11 is 1.56. The van der Waals surface area contributed by atoms with Gasteiger partial charge in [-0.25, -0.2) is 9.97 Å². The van der Waals surface area contributed by atoms with Crippen LogP contribution in [0.4, 0.5) is 0 Å². The number of thiazole rings is 1. The summed E-state index contributed by atoms with van der Waals surface area (Å²) in [4.78, 5) is 21.7. The van der Waals surface area contributed by atoms with Gasteiger partial charge in [-0.05, 0) is 18.2 Å². The zero-order valence-corrected chi connectivity index (χ0v) is 13.9. The van der Waals surface area contributed by atoms with Crippen molar-refractivity contribution in [3.63, 3.8) is 0 Å². The fraction of sp³-hybridized carbons (Fsp3) is 0.0556. The maximum atomic E-state index is 12.2. The standard InChI is InChI=1S/C18H14N4O2S/c23-17(20-11-14-12-22-8-9-25-18(22)21-14)13-6-7-16(19-10-13)24-15-4-2-1-3-5-15/h1-10,12H,11H2,(H,20,23). The maximum Gasteiger partial charge on any atom is 0.253 e. The minimum absolute atomic E-state index is 0.199. The molecule has 0 spiro atoms. The van der Waals surface area contributed by atoms with Crippen molar-refractivity contribution in [2.24, 2.45) is 0 Å². The highest BCUT2D eigenvalue weighted by molar-refractivity contribution is 7.15. The number of nitrogens with one attached hydrogen (secondary N) is 1. The monoisotopic (exact) mass is 350 g/mol. The van der Waals surface area contributed by atoms with Crippen molar-refractivity contribution in [1.29, 1.82) is 0 Å². The second-order valence-corrected chi connectivity index (χ2v) is 6.18. The van der Waals surface area contributed by atoms with Crippen LogP contribution in [0.25, 0.3) is 4.96 Å². The number of hydrogen-bond donors (Lipinski definition) is 1. The van der Waals surface area contributed by atoms with Crippen molar-refractivity contribution in [2.75, 3.05) is 0 Å². The molecule has 0 radical (unpaired) electrons. The van der Waals surface area contributed by atoms with Gasteiger partial charge in [0, 0.05) is 30.0 Å². The van der Waals surface area contributed by atoms with Gasteiger partial charge < -0.3 is 10.1 Å². The lowest BCUT2D eigenvalue weighted by Gasteiger charge is -2.06. The number of benzene rings is 1. The molecule has 0 atom stereocenters. The minimum atomic E-state index is -0.199. The van der Waals surface area contributed by atoms with Crippen LogP contribution in [0.15, 0.2) is 66.4 Å². The third-order valence-electron chi connectivity index (χ3n) is 3.54. The summed E-state index contributed by atoms with van der Waals surface area (Å²) in [5, 5.41) is 4.81. The number of amides is 1. The molecular formula is C18H14N4O2S. The first-order chi connectivity index (χ1) is 12.3. The second kappa shape index (κ2) is 6.74. The number of aromatic nitrogens is 3. The first kappa shape index (κ1) is 15.3. The van der Waals surface area contributed by atoms with Crippen molar-refractivity contribution in [2.45, 2.75) is 6.54 Å². The van der Waals surface area contributed by atoms with Crippen LogP contribution in [0.5, 0.6) is 11.6 Å². The zero-order chi connectivity index (χ0) is 17.1. The highest BCUT2D eigenvalue weighted by Crippen LogP contribution is 2.18. The smallest absolute Gasteiger partial charge is 0.253 e. The average molecular weight is 350 g/mol. The number of nitrogens with zero attached hydrogens (tertiary/aromatic N) is 3. The van der Waals surface area contributed by atoms with Crippen LogP contribution in [-0.4, -0.2) is 20.3 Å². The van der Waals surface area contributed by atoms with Gasteiger partial charge in [-0.3, -0.25) is 9.20 Å². The quantitative estimate of drug-likeness (QED) is 0.598. The molecule has 0 unspecified atom stereocenters. The molecule has 0 fully saturated rings. The minimum Gasteiger partial charge on any atom is -0.439 e. The molecule has 3 aromatic heterocycles. The van der Waals surface area contributed by atoms with E-state index in [2.05, 4.69) is 15.3 Å². The molecule has 4 aromatic rings. The SMILES string of the molecule is O=C(NCc1cn2ccsc2n1)c1ccc(Oc2ccccc2)nc1. The number of carbonyl (C=O) groups is 1. The van der Waals surface area contributed by atoms with Crippen LogP contribution >= 0.6 is 11.3 Å². The van der Waals surface area contributed by atoms with Crippen LogP contribution in [0, 0.1) is 0 Å². The number of hydrogen-bond acceptors (Lipinski definition) is 5. The lowest BCUT2D eigenvalue weighted by Crippen LogP contribution is -2.23. The molecule has 3 heterocycles. The topological polar surface area (TPSA) is 68.5 Å². The van der Waals surface area contributed by atoms with E-state index in [-0.39, 0.29) is 5.91 Å². The lowest BCUT2D eigenvalue weighted by atomic mass is 10.2. The molecule has 25 heavy (non-hydrogen) atoms. The molecule has 7 heteroatoms. The molecule has 0 aliphatic rings. The summed E-state index contributed by atoms with van der Waals surface area (Å²) in [7, 11) is 0. The Balaban J connectivity index is 1.37. The van der Waals surface area contributed by atoms with Gasteiger partial charge in [0.05, 0.1) is 17.8 Å². The first-order valence-electron chi connectivity index (χ1n) is 7.66. The fourth-order valence-electron chi connectivity index (χ4n) is 2.32. The Bertz CT molecular complexity index is 964. The van der Waals surface area contributed by atoms with Gasteiger partial charge in [0.2, 0.25) is 5.88 Å².